The summed E-state index contributed by atoms with van der Waals surface area (Å²) in [6, 6.07) is 1.25. The predicted octanol–water partition coefficient (Wildman–Crippen LogP) is 0.284. The average molecular weight is 340 g/mol. The van der Waals surface area contributed by atoms with Crippen LogP contribution in [0.15, 0.2) is 36.3 Å². The Morgan fingerprint density at radius 1 is 1.61 bits per heavy atom. The zero-order valence-electron chi connectivity index (χ0n) is 12.5. The third kappa shape index (κ3) is 5.47. The van der Waals surface area contributed by atoms with Gasteiger partial charge in [0.2, 0.25) is 0 Å². The average Bonchev–Trinajstić information content (AvgIpc) is 2.56. The van der Waals surface area contributed by atoms with Crippen molar-refractivity contribution in [3.05, 3.63) is 31.1 Å². The number of nitrogens with zero attached hydrogens (tertiary/aromatic N) is 2. The minimum Gasteiger partial charge on any atom is -0.445 e. The van der Waals surface area contributed by atoms with E-state index in [4.69, 9.17) is 15.2 Å². The van der Waals surface area contributed by atoms with Crippen molar-refractivity contribution in [2.24, 2.45) is 5.73 Å². The first kappa shape index (κ1) is 17.7. The number of carbonyl (C=O) groups excluding carboxylic acids is 1. The summed E-state index contributed by atoms with van der Waals surface area (Å²) in [4.78, 5) is 19.6. The Kier molecular flexibility index (Phi) is 6.78. The molecule has 0 bridgehead atoms. The first-order chi connectivity index (χ1) is 11.1. The van der Waals surface area contributed by atoms with Crippen molar-refractivity contribution >= 4 is 17.9 Å². The molecule has 8 nitrogen and oxygen atoms in total. The normalized spacial score (nSPS) is 27.2. The largest absolute Gasteiger partial charge is 0.445 e. The van der Waals surface area contributed by atoms with Crippen LogP contribution >= 0.6 is 11.8 Å². The smallest absolute Gasteiger partial charge is 0.407 e. The molecule has 4 atom stereocenters. The fourth-order valence-electron chi connectivity index (χ4n) is 2.03. The molecule has 1 fully saturated rings. The summed E-state index contributed by atoms with van der Waals surface area (Å²) in [5.74, 6) is 0. The number of hydrogen-bond acceptors (Lipinski definition) is 8. The Labute approximate surface area is 138 Å². The molecule has 1 aliphatic rings. The van der Waals surface area contributed by atoms with Gasteiger partial charge >= 0.3 is 6.09 Å². The van der Waals surface area contributed by atoms with Crippen LogP contribution in [0.3, 0.4) is 0 Å². The monoisotopic (exact) mass is 340 g/mol. The zero-order chi connectivity index (χ0) is 16.7. The Hall–Kier alpha value is -1.68. The maximum Gasteiger partial charge on any atom is 0.407 e. The number of alkyl carbamates (subject to hydrolysis) is 1. The summed E-state index contributed by atoms with van der Waals surface area (Å²) < 4.78 is 10.6. The van der Waals surface area contributed by atoms with Crippen molar-refractivity contribution in [1.82, 2.24) is 15.3 Å². The lowest BCUT2D eigenvalue weighted by Gasteiger charge is -2.37. The van der Waals surface area contributed by atoms with Crippen molar-refractivity contribution in [2.75, 3.05) is 13.2 Å². The van der Waals surface area contributed by atoms with Crippen LogP contribution in [0, 0.1) is 0 Å². The van der Waals surface area contributed by atoms with E-state index in [9.17, 15) is 9.90 Å². The quantitative estimate of drug-likeness (QED) is 0.499. The molecule has 0 aliphatic carbocycles. The molecule has 2 unspecified atom stereocenters. The molecule has 126 valence electrons. The summed E-state index contributed by atoms with van der Waals surface area (Å²) in [5.41, 5.74) is 5.36. The standard InChI is InChI=1S/C14H20N4O4S/c1-2-6-21-14(20)18-8-9-7-10(15)11(19)12(22-9)23-13-16-4-3-5-17-13/h2-5,9-12,19H,1,6-8,15H2,(H,18,20)/t9?,10-,11?,12-/m0/s1. The number of amides is 1. The third-order valence-corrected chi connectivity index (χ3v) is 4.19. The predicted molar refractivity (Wildman–Crippen MR) is 84.7 cm³/mol. The van der Waals surface area contributed by atoms with Crippen LogP contribution in [0.2, 0.25) is 0 Å². The zero-order valence-corrected chi connectivity index (χ0v) is 13.3. The van der Waals surface area contributed by atoms with Gasteiger partial charge in [0, 0.05) is 25.0 Å². The summed E-state index contributed by atoms with van der Waals surface area (Å²) >= 11 is 1.20. The Morgan fingerprint density at radius 3 is 3.04 bits per heavy atom. The van der Waals surface area contributed by atoms with Gasteiger partial charge in [0.15, 0.2) is 5.16 Å². The molecule has 1 aliphatic heterocycles. The third-order valence-electron chi connectivity index (χ3n) is 3.15. The maximum absolute atomic E-state index is 11.4. The van der Waals surface area contributed by atoms with E-state index in [0.29, 0.717) is 11.6 Å². The SMILES string of the molecule is C=CCOC(=O)NCC1C[C@H](N)C(O)[C@H](Sc2ncccn2)O1. The van der Waals surface area contributed by atoms with Crippen LogP contribution in [-0.4, -0.2) is 58.0 Å². The number of thioether (sulfide) groups is 1. The van der Waals surface area contributed by atoms with Gasteiger partial charge in [-0.05, 0) is 12.5 Å². The molecular formula is C14H20N4O4S. The van der Waals surface area contributed by atoms with Gasteiger partial charge in [-0.2, -0.15) is 0 Å². The van der Waals surface area contributed by atoms with Gasteiger partial charge in [-0.15, -0.1) is 0 Å². The van der Waals surface area contributed by atoms with Gasteiger partial charge in [-0.25, -0.2) is 14.8 Å². The summed E-state index contributed by atoms with van der Waals surface area (Å²) in [6.07, 6.45) is 3.41. The Morgan fingerprint density at radius 2 is 2.35 bits per heavy atom. The lowest BCUT2D eigenvalue weighted by Crippen LogP contribution is -2.53. The van der Waals surface area contributed by atoms with Crippen LogP contribution in [0.1, 0.15) is 6.42 Å². The molecule has 1 amide bonds. The van der Waals surface area contributed by atoms with Crippen molar-refractivity contribution in [2.45, 2.75) is 35.3 Å². The van der Waals surface area contributed by atoms with E-state index in [1.165, 1.54) is 17.8 Å². The molecule has 1 saturated heterocycles. The molecule has 4 N–H and O–H groups in total. The molecule has 2 heterocycles. The second-order valence-electron chi connectivity index (χ2n) is 4.93. The van der Waals surface area contributed by atoms with Gasteiger partial charge in [0.05, 0.1) is 6.10 Å². The molecule has 1 aromatic heterocycles. The van der Waals surface area contributed by atoms with Gasteiger partial charge in [-0.1, -0.05) is 24.4 Å². The fraction of sp³-hybridized carbons (Fsp3) is 0.500. The van der Waals surface area contributed by atoms with Crippen molar-refractivity contribution in [1.29, 1.82) is 0 Å². The highest BCUT2D eigenvalue weighted by Gasteiger charge is 2.37. The molecule has 0 spiro atoms. The van der Waals surface area contributed by atoms with Crippen LogP contribution in [0.25, 0.3) is 0 Å². The van der Waals surface area contributed by atoms with Crippen molar-refractivity contribution in [3.8, 4) is 0 Å². The topological polar surface area (TPSA) is 120 Å². The van der Waals surface area contributed by atoms with Gasteiger partial charge < -0.3 is 25.6 Å². The number of hydrogen-bond donors (Lipinski definition) is 3. The first-order valence-electron chi connectivity index (χ1n) is 7.14. The van der Waals surface area contributed by atoms with Gasteiger partial charge in [0.1, 0.15) is 18.1 Å². The van der Waals surface area contributed by atoms with E-state index < -0.39 is 23.7 Å². The number of aromatic nitrogens is 2. The van der Waals surface area contributed by atoms with E-state index in [1.807, 2.05) is 0 Å². The van der Waals surface area contributed by atoms with E-state index in [0.717, 1.165) is 0 Å². The molecule has 0 radical (unpaired) electrons. The van der Waals surface area contributed by atoms with Gasteiger partial charge in [-0.3, -0.25) is 0 Å². The minimum atomic E-state index is -0.840. The number of nitrogens with two attached hydrogens (primary N) is 1. The molecule has 1 aromatic rings. The molecule has 23 heavy (non-hydrogen) atoms. The Balaban J connectivity index is 1.87. The van der Waals surface area contributed by atoms with Crippen molar-refractivity contribution in [3.63, 3.8) is 0 Å². The van der Waals surface area contributed by atoms with E-state index in [1.54, 1.807) is 18.5 Å². The highest BCUT2D eigenvalue weighted by atomic mass is 32.2. The molecule has 9 heteroatoms. The molecular weight excluding hydrogens is 320 g/mol. The molecule has 0 aromatic carbocycles. The molecule has 0 saturated carbocycles. The number of ether oxygens (including phenoxy) is 2. The summed E-state index contributed by atoms with van der Waals surface area (Å²) in [7, 11) is 0. The second kappa shape index (κ2) is 8.82. The lowest BCUT2D eigenvalue weighted by atomic mass is 10.0. The summed E-state index contributed by atoms with van der Waals surface area (Å²) in [6.45, 7) is 3.84. The van der Waals surface area contributed by atoms with Crippen LogP contribution in [0.4, 0.5) is 4.79 Å². The summed E-state index contributed by atoms with van der Waals surface area (Å²) in [5, 5.41) is 13.2. The van der Waals surface area contributed by atoms with E-state index in [2.05, 4.69) is 21.9 Å². The number of nitrogens with one attached hydrogen (secondary N) is 1. The van der Waals surface area contributed by atoms with Gasteiger partial charge in [0.25, 0.3) is 0 Å². The number of aliphatic hydroxyl groups is 1. The lowest BCUT2D eigenvalue weighted by molar-refractivity contribution is -0.0828. The highest BCUT2D eigenvalue weighted by molar-refractivity contribution is 7.99. The van der Waals surface area contributed by atoms with Crippen LogP contribution in [-0.2, 0) is 9.47 Å². The number of carbonyl (C=O) groups is 1. The van der Waals surface area contributed by atoms with Crippen LogP contribution in [0.5, 0.6) is 0 Å². The van der Waals surface area contributed by atoms with E-state index in [-0.39, 0.29) is 19.3 Å². The maximum atomic E-state index is 11.4. The van der Waals surface area contributed by atoms with E-state index >= 15 is 0 Å². The van der Waals surface area contributed by atoms with Crippen molar-refractivity contribution < 1.29 is 19.4 Å². The van der Waals surface area contributed by atoms with Crippen LogP contribution < -0.4 is 11.1 Å². The second-order valence-corrected chi connectivity index (χ2v) is 6.00. The highest BCUT2D eigenvalue weighted by Crippen LogP contribution is 2.30. The minimum absolute atomic E-state index is 0.138. The fourth-order valence-corrected chi connectivity index (χ4v) is 3.04. The number of rotatable bonds is 6. The Bertz CT molecular complexity index is 519. The first-order valence-corrected chi connectivity index (χ1v) is 8.02. The molecule has 2 rings (SSSR count). The number of aliphatic hydroxyl groups excluding tert-OH is 1.